The molecule has 142 valence electrons. The third-order valence-electron chi connectivity index (χ3n) is 3.59. The Hall–Kier alpha value is -2.45. The highest BCUT2D eigenvalue weighted by Gasteiger charge is 2.09. The quantitative estimate of drug-likeness (QED) is 0.463. The first kappa shape index (κ1) is 19.3. The van der Waals surface area contributed by atoms with Crippen LogP contribution in [0.2, 0.25) is 5.02 Å². The molecule has 9 heteroatoms. The lowest BCUT2D eigenvalue weighted by atomic mass is 10.2. The van der Waals surface area contributed by atoms with Gasteiger partial charge in [-0.05, 0) is 38.1 Å². The summed E-state index contributed by atoms with van der Waals surface area (Å²) >= 11 is 7.56. The zero-order chi connectivity index (χ0) is 19.1. The molecule has 27 heavy (non-hydrogen) atoms. The molecule has 3 rings (SSSR count). The SMILES string of the molecule is CCNC(=NCc1ncc(C)s1)NCCc1nc(-c2ccc(Cl)cc2)no1. The number of nitrogens with zero attached hydrogens (tertiary/aromatic N) is 4. The van der Waals surface area contributed by atoms with Gasteiger partial charge in [0.1, 0.15) is 5.01 Å². The summed E-state index contributed by atoms with van der Waals surface area (Å²) in [4.78, 5) is 14.5. The van der Waals surface area contributed by atoms with Crippen molar-refractivity contribution in [2.24, 2.45) is 4.99 Å². The van der Waals surface area contributed by atoms with Crippen molar-refractivity contribution in [3.05, 3.63) is 51.3 Å². The van der Waals surface area contributed by atoms with Crippen molar-refractivity contribution in [3.8, 4) is 11.4 Å². The number of guanidine groups is 1. The Labute approximate surface area is 166 Å². The third-order valence-corrected chi connectivity index (χ3v) is 4.74. The Morgan fingerprint density at radius 3 is 2.78 bits per heavy atom. The van der Waals surface area contributed by atoms with E-state index < -0.39 is 0 Å². The van der Waals surface area contributed by atoms with Crippen LogP contribution in [0.4, 0.5) is 0 Å². The smallest absolute Gasteiger partial charge is 0.228 e. The van der Waals surface area contributed by atoms with Crippen LogP contribution < -0.4 is 10.6 Å². The number of aromatic nitrogens is 3. The van der Waals surface area contributed by atoms with Gasteiger partial charge in [-0.15, -0.1) is 11.3 Å². The molecule has 2 N–H and O–H groups in total. The largest absolute Gasteiger partial charge is 0.357 e. The van der Waals surface area contributed by atoms with Crippen molar-refractivity contribution in [2.75, 3.05) is 13.1 Å². The number of aryl methyl sites for hydroxylation is 1. The van der Waals surface area contributed by atoms with Gasteiger partial charge in [-0.25, -0.2) is 9.98 Å². The fourth-order valence-corrected chi connectivity index (χ4v) is 3.16. The first-order valence-corrected chi connectivity index (χ1v) is 9.85. The molecule has 0 bridgehead atoms. The molecule has 0 atom stereocenters. The second kappa shape index (κ2) is 9.48. The molecule has 0 aliphatic carbocycles. The predicted octanol–water partition coefficient (Wildman–Crippen LogP) is 3.45. The van der Waals surface area contributed by atoms with Gasteiger partial charge in [-0.2, -0.15) is 4.98 Å². The van der Waals surface area contributed by atoms with Crippen molar-refractivity contribution in [1.29, 1.82) is 0 Å². The van der Waals surface area contributed by atoms with Crippen molar-refractivity contribution >= 4 is 28.9 Å². The van der Waals surface area contributed by atoms with E-state index in [9.17, 15) is 0 Å². The summed E-state index contributed by atoms with van der Waals surface area (Å²) in [5.74, 6) is 1.86. The fourth-order valence-electron chi connectivity index (χ4n) is 2.32. The first-order valence-electron chi connectivity index (χ1n) is 8.66. The number of hydrogen-bond acceptors (Lipinski definition) is 6. The Balaban J connectivity index is 1.53. The van der Waals surface area contributed by atoms with E-state index in [4.69, 9.17) is 16.1 Å². The third kappa shape index (κ3) is 5.77. The highest BCUT2D eigenvalue weighted by atomic mass is 35.5. The molecule has 0 amide bonds. The van der Waals surface area contributed by atoms with Crippen LogP contribution in [-0.4, -0.2) is 34.2 Å². The van der Waals surface area contributed by atoms with E-state index >= 15 is 0 Å². The van der Waals surface area contributed by atoms with Gasteiger partial charge in [0.15, 0.2) is 5.96 Å². The van der Waals surface area contributed by atoms with E-state index in [-0.39, 0.29) is 0 Å². The summed E-state index contributed by atoms with van der Waals surface area (Å²) in [5, 5.41) is 12.2. The average Bonchev–Trinajstić information content (AvgIpc) is 3.29. The molecule has 0 saturated heterocycles. The van der Waals surface area contributed by atoms with Crippen LogP contribution in [0.5, 0.6) is 0 Å². The van der Waals surface area contributed by atoms with E-state index in [1.807, 2.05) is 32.2 Å². The van der Waals surface area contributed by atoms with Crippen molar-refractivity contribution in [2.45, 2.75) is 26.8 Å². The molecule has 0 aliphatic rings. The minimum Gasteiger partial charge on any atom is -0.357 e. The Kier molecular flexibility index (Phi) is 6.78. The number of rotatable bonds is 7. The highest BCUT2D eigenvalue weighted by Crippen LogP contribution is 2.18. The van der Waals surface area contributed by atoms with E-state index in [0.717, 1.165) is 23.1 Å². The number of benzene rings is 1. The second-order valence-electron chi connectivity index (χ2n) is 5.76. The minimum absolute atomic E-state index is 0.551. The fraction of sp³-hybridized carbons (Fsp3) is 0.333. The van der Waals surface area contributed by atoms with Gasteiger partial charge in [0, 0.05) is 41.2 Å². The average molecular weight is 405 g/mol. The topological polar surface area (TPSA) is 88.2 Å². The zero-order valence-corrected chi connectivity index (χ0v) is 16.8. The van der Waals surface area contributed by atoms with Crippen molar-refractivity contribution in [1.82, 2.24) is 25.8 Å². The molecule has 0 unspecified atom stereocenters. The molecular formula is C18H21ClN6OS. The molecule has 0 radical (unpaired) electrons. The van der Waals surface area contributed by atoms with E-state index in [2.05, 4.69) is 30.8 Å². The Bertz CT molecular complexity index is 889. The Morgan fingerprint density at radius 1 is 1.26 bits per heavy atom. The summed E-state index contributed by atoms with van der Waals surface area (Å²) in [6, 6.07) is 7.34. The summed E-state index contributed by atoms with van der Waals surface area (Å²) < 4.78 is 5.32. The van der Waals surface area contributed by atoms with Crippen LogP contribution in [0.25, 0.3) is 11.4 Å². The number of thiazole rings is 1. The lowest BCUT2D eigenvalue weighted by Crippen LogP contribution is -2.38. The highest BCUT2D eigenvalue weighted by molar-refractivity contribution is 7.11. The van der Waals surface area contributed by atoms with Crippen molar-refractivity contribution < 1.29 is 4.52 Å². The standard InChI is InChI=1S/C18H21ClN6OS/c1-3-20-18(23-11-16-22-10-12(2)27-16)21-9-8-15-24-17(25-26-15)13-4-6-14(19)7-5-13/h4-7,10H,3,8-9,11H2,1-2H3,(H2,20,21,23). The number of hydrogen-bond donors (Lipinski definition) is 2. The molecular weight excluding hydrogens is 384 g/mol. The molecule has 0 spiro atoms. The molecule has 0 fully saturated rings. The molecule has 1 aromatic carbocycles. The van der Waals surface area contributed by atoms with Crippen LogP contribution in [-0.2, 0) is 13.0 Å². The zero-order valence-electron chi connectivity index (χ0n) is 15.2. The predicted molar refractivity (Wildman–Crippen MR) is 108 cm³/mol. The molecule has 2 heterocycles. The van der Waals surface area contributed by atoms with Gasteiger partial charge in [0.05, 0.1) is 6.54 Å². The van der Waals surface area contributed by atoms with Crippen molar-refractivity contribution in [3.63, 3.8) is 0 Å². The lowest BCUT2D eigenvalue weighted by Gasteiger charge is -2.09. The maximum atomic E-state index is 5.90. The number of halogens is 1. The monoisotopic (exact) mass is 404 g/mol. The lowest BCUT2D eigenvalue weighted by molar-refractivity contribution is 0.378. The van der Waals surface area contributed by atoms with E-state index in [1.165, 1.54) is 4.88 Å². The molecule has 7 nitrogen and oxygen atoms in total. The second-order valence-corrected chi connectivity index (χ2v) is 7.51. The normalized spacial score (nSPS) is 11.6. The van der Waals surface area contributed by atoms with Crippen LogP contribution in [0.15, 0.2) is 40.0 Å². The van der Waals surface area contributed by atoms with E-state index in [1.54, 1.807) is 23.5 Å². The Morgan fingerprint density at radius 2 is 2.07 bits per heavy atom. The molecule has 2 aromatic heterocycles. The molecule has 3 aromatic rings. The van der Waals surface area contributed by atoms with Gasteiger partial charge in [-0.1, -0.05) is 16.8 Å². The van der Waals surface area contributed by atoms with Gasteiger partial charge in [0.25, 0.3) is 0 Å². The molecule has 0 saturated carbocycles. The number of nitrogens with one attached hydrogen (secondary N) is 2. The first-order chi connectivity index (χ1) is 13.1. The van der Waals surface area contributed by atoms with Gasteiger partial charge < -0.3 is 15.2 Å². The molecule has 0 aliphatic heterocycles. The number of aliphatic imine (C=N–C) groups is 1. The maximum absolute atomic E-state index is 5.90. The minimum atomic E-state index is 0.551. The van der Waals surface area contributed by atoms with Crippen LogP contribution in [0.3, 0.4) is 0 Å². The van der Waals surface area contributed by atoms with Crippen LogP contribution in [0.1, 0.15) is 22.7 Å². The summed E-state index contributed by atoms with van der Waals surface area (Å²) in [6.07, 6.45) is 2.46. The van der Waals surface area contributed by atoms with Gasteiger partial charge in [0.2, 0.25) is 11.7 Å². The van der Waals surface area contributed by atoms with E-state index in [0.29, 0.717) is 36.2 Å². The van der Waals surface area contributed by atoms with Gasteiger partial charge >= 0.3 is 0 Å². The van der Waals surface area contributed by atoms with Crippen LogP contribution >= 0.6 is 22.9 Å². The summed E-state index contributed by atoms with van der Waals surface area (Å²) in [7, 11) is 0. The van der Waals surface area contributed by atoms with Crippen LogP contribution in [0, 0.1) is 6.92 Å². The van der Waals surface area contributed by atoms with Gasteiger partial charge in [-0.3, -0.25) is 0 Å². The summed E-state index contributed by atoms with van der Waals surface area (Å²) in [6.45, 7) is 6.03. The maximum Gasteiger partial charge on any atom is 0.228 e. The summed E-state index contributed by atoms with van der Waals surface area (Å²) in [5.41, 5.74) is 0.871.